The molecule has 0 radical (unpaired) electrons. The van der Waals surface area contributed by atoms with E-state index in [4.69, 9.17) is 0 Å². The average Bonchev–Trinajstić information content (AvgIpc) is 3.12. The van der Waals surface area contributed by atoms with Crippen molar-refractivity contribution >= 4 is 13.3 Å². The van der Waals surface area contributed by atoms with Gasteiger partial charge in [0.2, 0.25) is 0 Å². The van der Waals surface area contributed by atoms with Crippen molar-refractivity contribution < 1.29 is 18.9 Å². The first kappa shape index (κ1) is 14.4. The van der Waals surface area contributed by atoms with Crippen LogP contribution < -0.4 is 24.0 Å². The largest absolute Gasteiger partial charge is 1.00 e. The smallest absolute Gasteiger partial charge is 0.0808 e. The third kappa shape index (κ3) is 2.51. The Labute approximate surface area is 128 Å². The molecule has 3 rings (SSSR count). The molecule has 19 heavy (non-hydrogen) atoms. The van der Waals surface area contributed by atoms with Gasteiger partial charge in [-0.1, -0.05) is 88.9 Å². The van der Waals surface area contributed by atoms with Gasteiger partial charge in [0.05, 0.1) is 0 Å². The molecular formula is C17H18LiSi+. The van der Waals surface area contributed by atoms with E-state index in [2.05, 4.69) is 73.3 Å². The predicted molar refractivity (Wildman–Crippen MR) is 81.4 cm³/mol. The second kappa shape index (κ2) is 5.97. The minimum Gasteiger partial charge on any atom is -0.0808 e. The third-order valence-electron chi connectivity index (χ3n) is 4.18. The van der Waals surface area contributed by atoms with Gasteiger partial charge in [0, 0.05) is 0 Å². The minimum atomic E-state index is -1.66. The fraction of sp³-hybridized carbons (Fsp3) is 0.176. The Morgan fingerprint density at radius 1 is 0.842 bits per heavy atom. The molecule has 0 amide bonds. The fourth-order valence-corrected chi connectivity index (χ4v) is 6.91. The number of rotatable bonds is 3. The molecule has 0 N–H and O–H groups in total. The van der Waals surface area contributed by atoms with Crippen LogP contribution in [0.4, 0.5) is 0 Å². The molecule has 2 heteroatoms. The monoisotopic (exact) mass is 257 g/mol. The molecule has 0 heterocycles. The summed E-state index contributed by atoms with van der Waals surface area (Å²) in [7, 11) is -1.66. The van der Waals surface area contributed by atoms with Crippen molar-refractivity contribution in [3.63, 3.8) is 0 Å². The number of allylic oxidation sites excluding steroid dienone is 8. The Morgan fingerprint density at radius 2 is 1.37 bits per heavy atom. The van der Waals surface area contributed by atoms with E-state index in [1.54, 1.807) is 10.4 Å². The Morgan fingerprint density at radius 3 is 1.79 bits per heavy atom. The van der Waals surface area contributed by atoms with Gasteiger partial charge in [-0.2, -0.15) is 0 Å². The summed E-state index contributed by atoms with van der Waals surface area (Å²) >= 11 is 0. The van der Waals surface area contributed by atoms with E-state index >= 15 is 0 Å². The van der Waals surface area contributed by atoms with Crippen molar-refractivity contribution in [2.45, 2.75) is 19.4 Å². The molecule has 2 aliphatic rings. The first-order chi connectivity index (χ1) is 8.82. The molecule has 0 fully saturated rings. The Kier molecular flexibility index (Phi) is 4.52. The van der Waals surface area contributed by atoms with Gasteiger partial charge in [-0.15, -0.1) is 0 Å². The van der Waals surface area contributed by atoms with Gasteiger partial charge in [0.15, 0.2) is 0 Å². The molecule has 0 saturated heterocycles. The van der Waals surface area contributed by atoms with Gasteiger partial charge in [0.25, 0.3) is 0 Å². The molecular weight excluding hydrogens is 239 g/mol. The maximum Gasteiger partial charge on any atom is 1.00 e. The summed E-state index contributed by atoms with van der Waals surface area (Å²) < 4.78 is 0. The van der Waals surface area contributed by atoms with Crippen molar-refractivity contribution in [1.82, 2.24) is 0 Å². The van der Waals surface area contributed by atoms with Crippen LogP contribution in [0.2, 0.25) is 6.55 Å². The van der Waals surface area contributed by atoms with Crippen LogP contribution in [0.15, 0.2) is 77.2 Å². The summed E-state index contributed by atoms with van der Waals surface area (Å²) in [4.78, 5) is 0. The molecule has 1 aromatic carbocycles. The topological polar surface area (TPSA) is 0 Å². The standard InChI is InChI=1S/C17H18Si.Li/c1-18(16-11-5-6-12-16,17-13-7-8-14-17)15-9-3-2-4-10-15;/h2-11,13H,12,14H2,1H3;/q;+1. The van der Waals surface area contributed by atoms with E-state index in [1.165, 1.54) is 5.19 Å². The van der Waals surface area contributed by atoms with E-state index in [0.29, 0.717) is 0 Å². The molecule has 0 unspecified atom stereocenters. The first-order valence-electron chi connectivity index (χ1n) is 6.59. The Balaban J connectivity index is 0.00000133. The van der Waals surface area contributed by atoms with Crippen molar-refractivity contribution in [1.29, 1.82) is 0 Å². The minimum absolute atomic E-state index is 0. The summed E-state index contributed by atoms with van der Waals surface area (Å²) in [6, 6.07) is 11.1. The van der Waals surface area contributed by atoms with E-state index < -0.39 is 8.07 Å². The Hall–Kier alpha value is -1.01. The summed E-state index contributed by atoms with van der Waals surface area (Å²) in [5, 5.41) is 4.82. The second-order valence-electron chi connectivity index (χ2n) is 5.14. The predicted octanol–water partition coefficient (Wildman–Crippen LogP) is 0.827. The maximum absolute atomic E-state index is 2.50. The van der Waals surface area contributed by atoms with E-state index in [0.717, 1.165) is 12.8 Å². The number of hydrogen-bond donors (Lipinski definition) is 0. The van der Waals surface area contributed by atoms with Gasteiger partial charge in [-0.3, -0.25) is 0 Å². The van der Waals surface area contributed by atoms with Crippen molar-refractivity contribution in [3.8, 4) is 0 Å². The van der Waals surface area contributed by atoms with Gasteiger partial charge in [-0.25, -0.2) is 0 Å². The zero-order valence-corrected chi connectivity index (χ0v) is 12.8. The molecule has 0 spiro atoms. The molecule has 2 aliphatic carbocycles. The third-order valence-corrected chi connectivity index (χ3v) is 8.98. The molecule has 0 aromatic heterocycles. The number of benzene rings is 1. The van der Waals surface area contributed by atoms with Crippen LogP contribution in [0.1, 0.15) is 12.8 Å². The van der Waals surface area contributed by atoms with E-state index in [9.17, 15) is 0 Å². The van der Waals surface area contributed by atoms with Gasteiger partial charge >= 0.3 is 18.9 Å². The zero-order valence-electron chi connectivity index (χ0n) is 11.8. The van der Waals surface area contributed by atoms with Crippen LogP contribution in [0.3, 0.4) is 0 Å². The summed E-state index contributed by atoms with van der Waals surface area (Å²) in [5.41, 5.74) is 0. The van der Waals surface area contributed by atoms with Crippen LogP contribution in [0.5, 0.6) is 0 Å². The molecule has 0 aliphatic heterocycles. The molecule has 0 saturated carbocycles. The van der Waals surface area contributed by atoms with Crippen LogP contribution in [-0.4, -0.2) is 8.07 Å². The molecule has 0 nitrogen and oxygen atoms in total. The summed E-state index contributed by atoms with van der Waals surface area (Å²) in [6.07, 6.45) is 16.0. The first-order valence-corrected chi connectivity index (χ1v) is 9.09. The SMILES string of the molecule is C[Si](C1=CC=CC1)(C1=CC=CC1)c1ccccc1.[Li+]. The fourth-order valence-electron chi connectivity index (χ4n) is 2.98. The van der Waals surface area contributed by atoms with Crippen molar-refractivity contribution in [3.05, 3.63) is 77.2 Å². The van der Waals surface area contributed by atoms with Crippen molar-refractivity contribution in [2.75, 3.05) is 0 Å². The van der Waals surface area contributed by atoms with Gasteiger partial charge < -0.3 is 0 Å². The zero-order chi connectivity index (χ0) is 12.4. The molecule has 1 aromatic rings. The Bertz CT molecular complexity index is 534. The summed E-state index contributed by atoms with van der Waals surface area (Å²) in [6.45, 7) is 2.50. The van der Waals surface area contributed by atoms with Crippen LogP contribution >= 0.6 is 0 Å². The van der Waals surface area contributed by atoms with Gasteiger partial charge in [-0.05, 0) is 12.8 Å². The summed E-state index contributed by atoms with van der Waals surface area (Å²) in [5.74, 6) is 0. The molecule has 0 atom stereocenters. The van der Waals surface area contributed by atoms with Gasteiger partial charge in [0.1, 0.15) is 8.07 Å². The normalized spacial score (nSPS) is 17.1. The molecule has 90 valence electrons. The van der Waals surface area contributed by atoms with Crippen LogP contribution in [0.25, 0.3) is 0 Å². The number of hydrogen-bond acceptors (Lipinski definition) is 0. The van der Waals surface area contributed by atoms with E-state index in [1.807, 2.05) is 0 Å². The maximum atomic E-state index is 2.50. The quantitative estimate of drug-likeness (QED) is 0.704. The van der Waals surface area contributed by atoms with Crippen molar-refractivity contribution in [2.24, 2.45) is 0 Å². The second-order valence-corrected chi connectivity index (χ2v) is 9.25. The van der Waals surface area contributed by atoms with Crippen LogP contribution in [-0.2, 0) is 0 Å². The molecule has 0 bridgehead atoms. The average molecular weight is 257 g/mol. The van der Waals surface area contributed by atoms with E-state index in [-0.39, 0.29) is 18.9 Å². The van der Waals surface area contributed by atoms with Crippen LogP contribution in [0, 0.1) is 0 Å².